The van der Waals surface area contributed by atoms with Crippen molar-refractivity contribution < 1.29 is 16.1 Å². The second kappa shape index (κ2) is 9.22. The summed E-state index contributed by atoms with van der Waals surface area (Å²) in [7, 11) is 0. The van der Waals surface area contributed by atoms with Gasteiger partial charge in [-0.2, -0.15) is 0 Å². The highest BCUT2D eigenvalue weighted by Gasteiger charge is 2.36. The Morgan fingerprint density at radius 3 is 2.67 bits per heavy atom. The Balaban J connectivity index is 1.21. The first-order chi connectivity index (χ1) is 13.5. The Kier molecular flexibility index (Phi) is 6.48. The van der Waals surface area contributed by atoms with Gasteiger partial charge in [-0.3, -0.25) is 9.59 Å². The highest BCUT2D eigenvalue weighted by atomic mass is 16.3. The van der Waals surface area contributed by atoms with Crippen LogP contribution in [0, 0.1) is 23.2 Å². The van der Waals surface area contributed by atoms with E-state index in [9.17, 15) is 14.7 Å². The van der Waals surface area contributed by atoms with Crippen LogP contribution in [0.5, 0.6) is 0 Å². The summed E-state index contributed by atoms with van der Waals surface area (Å²) in [6, 6.07) is 0. The van der Waals surface area contributed by atoms with E-state index in [0.29, 0.717) is 50.2 Å². The lowest BCUT2D eigenvalue weighted by Crippen LogP contribution is -2.43. The van der Waals surface area contributed by atoms with E-state index >= 15 is 0 Å². The molecule has 5 heteroatoms. The summed E-state index contributed by atoms with van der Waals surface area (Å²) in [5.41, 5.74) is -0.302. The standard InChI is InChI=1S/C22H36N2O3/c1-22(16-25)8-11-24(12-9-22)21(27)5-3-2-4-10-23-20(26)15-19-14-17-6-7-18(19)13-17/h6-7,17-19,25H,2-5,8-16H2,1H3,(H,23,26)/i1T. The molecule has 3 rings (SSSR count). The maximum atomic E-state index is 12.3. The molecule has 5 nitrogen and oxygen atoms in total. The van der Waals surface area contributed by atoms with Gasteiger partial charge in [0.15, 0.2) is 0 Å². The largest absolute Gasteiger partial charge is 0.396 e. The van der Waals surface area contributed by atoms with Gasteiger partial charge in [0, 0.05) is 40.5 Å². The fraction of sp³-hybridized carbons (Fsp3) is 0.818. The van der Waals surface area contributed by atoms with Gasteiger partial charge in [-0.25, -0.2) is 0 Å². The molecule has 3 unspecified atom stereocenters. The van der Waals surface area contributed by atoms with Gasteiger partial charge in [0.25, 0.3) is 0 Å². The number of allylic oxidation sites excluding steroid dienone is 2. The van der Waals surface area contributed by atoms with Gasteiger partial charge in [0.05, 0.1) is 0 Å². The summed E-state index contributed by atoms with van der Waals surface area (Å²) in [5.74, 6) is 2.24. The first-order valence-electron chi connectivity index (χ1n) is 11.4. The quantitative estimate of drug-likeness (QED) is 0.479. The molecular formula is C22H36N2O3. The molecule has 1 aliphatic heterocycles. The average molecular weight is 379 g/mol. The maximum absolute atomic E-state index is 12.3. The van der Waals surface area contributed by atoms with Gasteiger partial charge in [-0.1, -0.05) is 25.5 Å². The van der Waals surface area contributed by atoms with Crippen LogP contribution in [0.4, 0.5) is 0 Å². The molecule has 3 aliphatic rings. The van der Waals surface area contributed by atoms with Crippen LogP contribution in [0.3, 0.4) is 0 Å². The van der Waals surface area contributed by atoms with Gasteiger partial charge >= 0.3 is 0 Å². The number of nitrogens with one attached hydrogen (secondary N) is 1. The van der Waals surface area contributed by atoms with Crippen molar-refractivity contribution in [3.05, 3.63) is 12.2 Å². The summed E-state index contributed by atoms with van der Waals surface area (Å²) in [5, 5.41) is 12.5. The molecule has 1 saturated carbocycles. The van der Waals surface area contributed by atoms with Crippen LogP contribution in [-0.4, -0.2) is 48.1 Å². The molecule has 0 spiro atoms. The summed E-state index contributed by atoms with van der Waals surface area (Å²) >= 11 is 0. The molecule has 0 aromatic heterocycles. The topological polar surface area (TPSA) is 69.6 Å². The van der Waals surface area contributed by atoms with E-state index in [0.717, 1.165) is 32.1 Å². The molecular weight excluding hydrogens is 340 g/mol. The Morgan fingerprint density at radius 1 is 1.22 bits per heavy atom. The second-order valence-electron chi connectivity index (χ2n) is 8.94. The van der Waals surface area contributed by atoms with Gasteiger partial charge in [0.1, 0.15) is 0 Å². The normalized spacial score (nSPS) is 29.0. The van der Waals surface area contributed by atoms with Crippen molar-refractivity contribution in [3.8, 4) is 0 Å². The minimum atomic E-state index is -0.302. The number of hydrogen-bond donors (Lipinski definition) is 2. The summed E-state index contributed by atoms with van der Waals surface area (Å²) < 4.78 is 7.61. The molecule has 3 atom stereocenters. The lowest BCUT2D eigenvalue weighted by molar-refractivity contribution is -0.134. The molecule has 2 N–H and O–H groups in total. The molecule has 0 aromatic rings. The highest BCUT2D eigenvalue weighted by molar-refractivity contribution is 5.76. The number of carbonyl (C=O) groups is 2. The van der Waals surface area contributed by atoms with Crippen molar-refractivity contribution in [1.29, 1.82) is 0 Å². The predicted octanol–water partition coefficient (Wildman–Crippen LogP) is 2.89. The average Bonchev–Trinajstić information content (AvgIpc) is 3.33. The number of carbonyl (C=O) groups excluding carboxylic acids is 2. The van der Waals surface area contributed by atoms with Crippen molar-refractivity contribution in [2.24, 2.45) is 23.2 Å². The smallest absolute Gasteiger partial charge is 0.222 e. The number of nitrogens with zero attached hydrogens (tertiary/aromatic N) is 1. The number of likely N-dealkylation sites (tertiary alicyclic amines) is 1. The monoisotopic (exact) mass is 378 g/mol. The van der Waals surface area contributed by atoms with Crippen molar-refractivity contribution in [1.82, 2.24) is 10.2 Å². The van der Waals surface area contributed by atoms with Crippen molar-refractivity contribution in [2.75, 3.05) is 26.2 Å². The molecule has 2 amide bonds. The zero-order chi connectivity index (χ0) is 20.0. The Morgan fingerprint density at radius 2 is 2.04 bits per heavy atom. The van der Waals surface area contributed by atoms with Crippen LogP contribution in [0.15, 0.2) is 12.2 Å². The summed E-state index contributed by atoms with van der Waals surface area (Å²) in [6.45, 7) is 2.30. The Hall–Kier alpha value is -1.36. The number of fused-ring (bicyclic) bond motifs is 2. The number of aliphatic hydroxyl groups excluding tert-OH is 1. The number of piperidine rings is 1. The van der Waals surface area contributed by atoms with Gasteiger partial charge in [0.2, 0.25) is 11.8 Å². The van der Waals surface area contributed by atoms with E-state index in [2.05, 4.69) is 17.5 Å². The fourth-order valence-electron chi connectivity index (χ4n) is 4.79. The zero-order valence-electron chi connectivity index (χ0n) is 17.5. The van der Waals surface area contributed by atoms with E-state index in [1.807, 2.05) is 4.90 Å². The number of amides is 2. The van der Waals surface area contributed by atoms with E-state index in [1.165, 1.54) is 12.8 Å². The Labute approximate surface area is 165 Å². The van der Waals surface area contributed by atoms with Crippen molar-refractivity contribution in [2.45, 2.75) is 64.7 Å². The predicted molar refractivity (Wildman–Crippen MR) is 106 cm³/mol. The number of rotatable bonds is 9. The molecule has 1 heterocycles. The van der Waals surface area contributed by atoms with Gasteiger partial charge < -0.3 is 15.3 Å². The molecule has 1 saturated heterocycles. The Bertz CT molecular complexity index is 566. The van der Waals surface area contributed by atoms with Crippen LogP contribution < -0.4 is 5.32 Å². The molecule has 152 valence electrons. The van der Waals surface area contributed by atoms with E-state index in [1.54, 1.807) is 0 Å². The SMILES string of the molecule is [3H]CC1(CO)CCN(C(=O)CCCCCNC(=O)CC2CC3C=CC2C3)CC1. The van der Waals surface area contributed by atoms with Crippen LogP contribution in [-0.2, 0) is 9.59 Å². The lowest BCUT2D eigenvalue weighted by Gasteiger charge is -2.38. The van der Waals surface area contributed by atoms with Gasteiger partial charge in [-0.15, -0.1) is 0 Å². The first-order valence-corrected chi connectivity index (χ1v) is 10.7. The maximum Gasteiger partial charge on any atom is 0.222 e. The van der Waals surface area contributed by atoms with Crippen molar-refractivity contribution >= 4 is 11.8 Å². The lowest BCUT2D eigenvalue weighted by atomic mass is 9.81. The number of hydrogen-bond acceptors (Lipinski definition) is 3. The van der Waals surface area contributed by atoms with E-state index < -0.39 is 0 Å². The molecule has 0 aromatic carbocycles. The third-order valence-corrected chi connectivity index (χ3v) is 6.77. The third kappa shape index (κ3) is 5.56. The first kappa shape index (κ1) is 19.0. The van der Waals surface area contributed by atoms with Crippen molar-refractivity contribution in [3.63, 3.8) is 0 Å². The zero-order valence-corrected chi connectivity index (χ0v) is 16.5. The second-order valence-corrected chi connectivity index (χ2v) is 8.94. The summed E-state index contributed by atoms with van der Waals surface area (Å²) in [4.78, 5) is 26.3. The van der Waals surface area contributed by atoms with Crippen LogP contribution in [0.2, 0.25) is 0 Å². The van der Waals surface area contributed by atoms with Gasteiger partial charge in [-0.05, 0) is 61.7 Å². The van der Waals surface area contributed by atoms with Crippen LogP contribution in [0.25, 0.3) is 0 Å². The molecule has 0 radical (unpaired) electrons. The minimum Gasteiger partial charge on any atom is -0.396 e. The summed E-state index contributed by atoms with van der Waals surface area (Å²) in [6.07, 6.45) is 12.4. The van der Waals surface area contributed by atoms with E-state index in [4.69, 9.17) is 1.37 Å². The molecule has 2 aliphatic carbocycles. The van der Waals surface area contributed by atoms with Crippen LogP contribution >= 0.6 is 0 Å². The third-order valence-electron chi connectivity index (χ3n) is 6.77. The van der Waals surface area contributed by atoms with E-state index in [-0.39, 0.29) is 30.7 Å². The molecule has 2 fully saturated rings. The molecule has 27 heavy (non-hydrogen) atoms. The number of unbranched alkanes of at least 4 members (excludes halogenated alkanes) is 2. The number of aliphatic hydroxyl groups is 1. The fourth-order valence-corrected chi connectivity index (χ4v) is 4.79. The minimum absolute atomic E-state index is 0.0446. The molecule has 2 bridgehead atoms. The highest BCUT2D eigenvalue weighted by Crippen LogP contribution is 2.44. The van der Waals surface area contributed by atoms with Crippen LogP contribution in [0.1, 0.15) is 66.1 Å².